The lowest BCUT2D eigenvalue weighted by Crippen LogP contribution is -2.30. The minimum atomic E-state index is -0.996. The van der Waals surface area contributed by atoms with Gasteiger partial charge in [0.25, 0.3) is 0 Å². The molecule has 1 aromatic carbocycles. The van der Waals surface area contributed by atoms with Crippen molar-refractivity contribution in [1.29, 1.82) is 0 Å². The van der Waals surface area contributed by atoms with Crippen LogP contribution in [0.3, 0.4) is 0 Å². The van der Waals surface area contributed by atoms with E-state index in [0.29, 0.717) is 5.56 Å². The van der Waals surface area contributed by atoms with E-state index >= 15 is 0 Å². The van der Waals surface area contributed by atoms with E-state index < -0.39 is 17.8 Å². The topological polar surface area (TPSA) is 58.6 Å². The van der Waals surface area contributed by atoms with Crippen LogP contribution in [0.15, 0.2) is 18.2 Å². The van der Waals surface area contributed by atoms with E-state index in [9.17, 15) is 14.3 Å². The van der Waals surface area contributed by atoms with Crippen LogP contribution in [0.25, 0.3) is 0 Å². The van der Waals surface area contributed by atoms with Gasteiger partial charge in [-0.1, -0.05) is 6.07 Å². The second-order valence-corrected chi connectivity index (χ2v) is 5.07. The molecule has 0 bridgehead atoms. The van der Waals surface area contributed by atoms with Gasteiger partial charge in [-0.2, -0.15) is 0 Å². The molecule has 19 heavy (non-hydrogen) atoms. The van der Waals surface area contributed by atoms with Crippen molar-refractivity contribution in [2.24, 2.45) is 0 Å². The van der Waals surface area contributed by atoms with Crippen molar-refractivity contribution >= 4 is 5.97 Å². The van der Waals surface area contributed by atoms with Gasteiger partial charge in [-0.25, -0.2) is 4.39 Å². The second kappa shape index (κ2) is 5.57. The summed E-state index contributed by atoms with van der Waals surface area (Å²) in [5.41, 5.74) is 0.410. The normalized spacial score (nSPS) is 16.4. The zero-order chi connectivity index (χ0) is 14.0. The molecule has 1 fully saturated rings. The summed E-state index contributed by atoms with van der Waals surface area (Å²) < 4.78 is 19.1. The summed E-state index contributed by atoms with van der Waals surface area (Å²) in [6.45, 7) is 3.62. The Hall–Kier alpha value is -1.62. The van der Waals surface area contributed by atoms with Crippen LogP contribution in [0.5, 0.6) is 5.75 Å². The highest BCUT2D eigenvalue weighted by atomic mass is 19.1. The van der Waals surface area contributed by atoms with Gasteiger partial charge in [0, 0.05) is 6.04 Å². The maximum absolute atomic E-state index is 13.8. The molecule has 1 saturated carbocycles. The number of carbonyl (C=O) groups is 1. The van der Waals surface area contributed by atoms with E-state index in [1.165, 1.54) is 12.1 Å². The lowest BCUT2D eigenvalue weighted by molar-refractivity contribution is -0.139. The summed E-state index contributed by atoms with van der Waals surface area (Å²) in [4.78, 5) is 11.2. The van der Waals surface area contributed by atoms with Crippen LogP contribution < -0.4 is 10.1 Å². The number of carboxylic acids is 1. The smallest absolute Gasteiger partial charge is 0.325 e. The van der Waals surface area contributed by atoms with Crippen molar-refractivity contribution in [1.82, 2.24) is 5.32 Å². The van der Waals surface area contributed by atoms with E-state index in [4.69, 9.17) is 4.74 Å². The van der Waals surface area contributed by atoms with Crippen LogP contribution in [0, 0.1) is 5.82 Å². The van der Waals surface area contributed by atoms with Gasteiger partial charge in [0.05, 0.1) is 6.10 Å². The molecular weight excluding hydrogens is 249 g/mol. The largest absolute Gasteiger partial charge is 0.488 e. The average molecular weight is 267 g/mol. The molecule has 104 valence electrons. The molecule has 0 radical (unpaired) electrons. The molecule has 0 saturated heterocycles. The third-order valence-corrected chi connectivity index (χ3v) is 2.88. The molecule has 1 aromatic rings. The van der Waals surface area contributed by atoms with E-state index in [-0.39, 0.29) is 17.9 Å². The molecule has 0 aliphatic heterocycles. The van der Waals surface area contributed by atoms with Crippen LogP contribution in [0.2, 0.25) is 0 Å². The van der Waals surface area contributed by atoms with Gasteiger partial charge in [0.2, 0.25) is 0 Å². The number of carboxylic acid groups (broad SMARTS) is 1. The van der Waals surface area contributed by atoms with Crippen molar-refractivity contribution in [2.75, 3.05) is 0 Å². The molecule has 0 amide bonds. The Kier molecular flexibility index (Phi) is 4.04. The average Bonchev–Trinajstić information content (AvgIpc) is 3.12. The van der Waals surface area contributed by atoms with Crippen LogP contribution >= 0.6 is 0 Å². The van der Waals surface area contributed by atoms with Crippen LogP contribution in [0.4, 0.5) is 4.39 Å². The summed E-state index contributed by atoms with van der Waals surface area (Å²) in [5, 5.41) is 12.2. The fourth-order valence-corrected chi connectivity index (χ4v) is 1.84. The summed E-state index contributed by atoms with van der Waals surface area (Å²) >= 11 is 0. The first-order valence-corrected chi connectivity index (χ1v) is 6.42. The monoisotopic (exact) mass is 267 g/mol. The molecule has 1 aliphatic carbocycles. The molecule has 0 spiro atoms. The maximum atomic E-state index is 13.8. The zero-order valence-corrected chi connectivity index (χ0v) is 11.0. The fraction of sp³-hybridized carbons (Fsp3) is 0.500. The Morgan fingerprint density at radius 1 is 1.47 bits per heavy atom. The van der Waals surface area contributed by atoms with Crippen LogP contribution in [-0.2, 0) is 4.79 Å². The number of halogens is 1. The van der Waals surface area contributed by atoms with Crippen LogP contribution in [0.1, 0.15) is 38.3 Å². The standard InChI is InChI=1S/C14H18FNO3/c1-8(2)19-12-6-3-9(7-11(12)15)13(14(17)18)16-10-4-5-10/h3,6-8,10,13,16H,4-5H2,1-2H3,(H,17,18). The lowest BCUT2D eigenvalue weighted by Gasteiger charge is -2.16. The van der Waals surface area contributed by atoms with Crippen molar-refractivity contribution in [2.45, 2.75) is 44.9 Å². The first-order chi connectivity index (χ1) is 8.97. The Bertz CT molecular complexity index is 472. The number of hydrogen-bond acceptors (Lipinski definition) is 3. The van der Waals surface area contributed by atoms with Gasteiger partial charge in [-0.15, -0.1) is 0 Å². The van der Waals surface area contributed by atoms with Gasteiger partial charge < -0.3 is 9.84 Å². The van der Waals surface area contributed by atoms with Gasteiger partial charge in [0.15, 0.2) is 11.6 Å². The summed E-state index contributed by atoms with van der Waals surface area (Å²) in [7, 11) is 0. The summed E-state index contributed by atoms with van der Waals surface area (Å²) in [5.74, 6) is -1.38. The number of benzene rings is 1. The molecule has 1 atom stereocenters. The highest BCUT2D eigenvalue weighted by molar-refractivity contribution is 5.75. The molecule has 0 aromatic heterocycles. The Labute approximate surface area is 111 Å². The Morgan fingerprint density at radius 2 is 2.16 bits per heavy atom. The zero-order valence-electron chi connectivity index (χ0n) is 11.0. The summed E-state index contributed by atoms with van der Waals surface area (Å²) in [6.07, 6.45) is 1.82. The fourth-order valence-electron chi connectivity index (χ4n) is 1.84. The Morgan fingerprint density at radius 3 is 2.63 bits per heavy atom. The first kappa shape index (κ1) is 13.8. The van der Waals surface area contributed by atoms with Gasteiger partial charge in [0.1, 0.15) is 6.04 Å². The molecule has 4 nitrogen and oxygen atoms in total. The number of ether oxygens (including phenoxy) is 1. The Balaban J connectivity index is 2.18. The molecule has 1 unspecified atom stereocenters. The number of aliphatic carboxylic acids is 1. The third-order valence-electron chi connectivity index (χ3n) is 2.88. The van der Waals surface area contributed by atoms with Gasteiger partial charge in [-0.05, 0) is 44.4 Å². The van der Waals surface area contributed by atoms with Crippen molar-refractivity contribution < 1.29 is 19.0 Å². The highest BCUT2D eigenvalue weighted by Gasteiger charge is 2.29. The molecule has 2 rings (SSSR count). The lowest BCUT2D eigenvalue weighted by atomic mass is 10.1. The van der Waals surface area contributed by atoms with E-state index in [1.807, 2.05) is 13.8 Å². The SMILES string of the molecule is CC(C)Oc1ccc(C(NC2CC2)C(=O)O)cc1F. The first-order valence-electron chi connectivity index (χ1n) is 6.42. The van der Waals surface area contributed by atoms with Crippen molar-refractivity contribution in [3.05, 3.63) is 29.6 Å². The summed E-state index contributed by atoms with van der Waals surface area (Å²) in [6, 6.07) is 3.67. The molecule has 0 heterocycles. The number of hydrogen-bond donors (Lipinski definition) is 2. The molecule has 5 heteroatoms. The predicted octanol–water partition coefficient (Wildman–Crippen LogP) is 2.49. The van der Waals surface area contributed by atoms with Gasteiger partial charge in [-0.3, -0.25) is 10.1 Å². The predicted molar refractivity (Wildman–Crippen MR) is 68.7 cm³/mol. The maximum Gasteiger partial charge on any atom is 0.325 e. The quantitative estimate of drug-likeness (QED) is 0.831. The second-order valence-electron chi connectivity index (χ2n) is 5.07. The van der Waals surface area contributed by atoms with E-state index in [2.05, 4.69) is 5.32 Å². The number of rotatable bonds is 6. The third kappa shape index (κ3) is 3.67. The molecule has 2 N–H and O–H groups in total. The highest BCUT2D eigenvalue weighted by Crippen LogP contribution is 2.27. The van der Waals surface area contributed by atoms with Gasteiger partial charge >= 0.3 is 5.97 Å². The molecular formula is C14H18FNO3. The van der Waals surface area contributed by atoms with E-state index in [1.54, 1.807) is 6.07 Å². The molecule has 1 aliphatic rings. The van der Waals surface area contributed by atoms with Crippen molar-refractivity contribution in [3.8, 4) is 5.75 Å². The van der Waals surface area contributed by atoms with E-state index in [0.717, 1.165) is 12.8 Å². The minimum absolute atomic E-state index is 0.125. The van der Waals surface area contributed by atoms with Crippen LogP contribution in [-0.4, -0.2) is 23.2 Å². The van der Waals surface area contributed by atoms with Crippen molar-refractivity contribution in [3.63, 3.8) is 0 Å². The number of nitrogens with one attached hydrogen (secondary N) is 1. The minimum Gasteiger partial charge on any atom is -0.488 e.